The lowest BCUT2D eigenvalue weighted by Crippen LogP contribution is -2.15. The van der Waals surface area contributed by atoms with E-state index in [1.807, 2.05) is 24.3 Å². The van der Waals surface area contributed by atoms with Crippen molar-refractivity contribution in [3.63, 3.8) is 0 Å². The molecular formula is C63H43N3. The summed E-state index contributed by atoms with van der Waals surface area (Å²) >= 11 is 0. The number of fused-ring (bicyclic) bond motifs is 7. The van der Waals surface area contributed by atoms with Crippen LogP contribution in [0.3, 0.4) is 0 Å². The van der Waals surface area contributed by atoms with Crippen LogP contribution in [0.1, 0.15) is 25.0 Å². The lowest BCUT2D eigenvalue weighted by molar-refractivity contribution is 0.661. The van der Waals surface area contributed by atoms with E-state index in [9.17, 15) is 0 Å². The van der Waals surface area contributed by atoms with Gasteiger partial charge in [0, 0.05) is 22.2 Å². The molecular weight excluding hydrogens is 799 g/mol. The molecule has 0 saturated carbocycles. The molecule has 0 fully saturated rings. The van der Waals surface area contributed by atoms with Crippen LogP contribution < -0.4 is 0 Å². The second-order valence-electron chi connectivity index (χ2n) is 18.2. The van der Waals surface area contributed by atoms with Gasteiger partial charge < -0.3 is 0 Å². The molecule has 0 bridgehead atoms. The van der Waals surface area contributed by atoms with Crippen molar-refractivity contribution in [2.75, 3.05) is 0 Å². The molecule has 3 heteroatoms. The van der Waals surface area contributed by atoms with Crippen LogP contribution in [0.4, 0.5) is 0 Å². The van der Waals surface area contributed by atoms with Gasteiger partial charge in [-0.1, -0.05) is 196 Å². The van der Waals surface area contributed by atoms with E-state index in [4.69, 9.17) is 10.2 Å². The summed E-state index contributed by atoms with van der Waals surface area (Å²) in [6.45, 7) is 4.80. The Morgan fingerprint density at radius 3 is 1.38 bits per heavy atom. The first kappa shape index (κ1) is 38.1. The molecule has 66 heavy (non-hydrogen) atoms. The minimum absolute atomic E-state index is 0.246. The van der Waals surface area contributed by atoms with Gasteiger partial charge >= 0.3 is 0 Å². The maximum absolute atomic E-state index is 4.76. The minimum Gasteiger partial charge on any atom is -0.275 e. The lowest BCUT2D eigenvalue weighted by Gasteiger charge is -2.24. The van der Waals surface area contributed by atoms with Gasteiger partial charge in [-0.25, -0.2) is 0 Å². The van der Waals surface area contributed by atoms with Crippen molar-refractivity contribution >= 4 is 43.1 Å². The third kappa shape index (κ3) is 5.97. The van der Waals surface area contributed by atoms with Crippen molar-refractivity contribution in [1.82, 2.24) is 14.8 Å². The van der Waals surface area contributed by atoms with Crippen molar-refractivity contribution in [3.8, 4) is 73.0 Å². The van der Waals surface area contributed by atoms with Gasteiger partial charge in [0.15, 0.2) is 11.6 Å². The molecule has 11 aromatic carbocycles. The quantitative estimate of drug-likeness (QED) is 0.156. The van der Waals surface area contributed by atoms with Gasteiger partial charge in [0.1, 0.15) is 0 Å². The molecule has 1 aliphatic carbocycles. The number of benzene rings is 11. The van der Waals surface area contributed by atoms with E-state index in [1.165, 1.54) is 93.2 Å². The Balaban J connectivity index is 0.970. The van der Waals surface area contributed by atoms with E-state index < -0.39 is 0 Å². The van der Waals surface area contributed by atoms with Crippen molar-refractivity contribution in [2.45, 2.75) is 19.3 Å². The average molecular weight is 842 g/mol. The predicted molar refractivity (Wildman–Crippen MR) is 276 cm³/mol. The van der Waals surface area contributed by atoms with Gasteiger partial charge in [-0.2, -0.15) is 0 Å². The highest BCUT2D eigenvalue weighted by atomic mass is 15.3. The molecule has 0 aliphatic heterocycles. The molecule has 13 rings (SSSR count). The van der Waals surface area contributed by atoms with Crippen LogP contribution in [0.5, 0.6) is 0 Å². The molecule has 0 unspecified atom stereocenters. The number of hydrogen-bond donors (Lipinski definition) is 0. The Morgan fingerprint density at radius 2 is 0.773 bits per heavy atom. The largest absolute Gasteiger partial charge is 0.275 e. The highest BCUT2D eigenvalue weighted by Gasteiger charge is 2.37. The predicted octanol–water partition coefficient (Wildman–Crippen LogP) is 16.5. The van der Waals surface area contributed by atoms with Crippen LogP contribution >= 0.6 is 0 Å². The van der Waals surface area contributed by atoms with E-state index in [0.717, 1.165) is 34.0 Å². The Labute approximate surface area is 383 Å². The first-order valence-electron chi connectivity index (χ1n) is 22.8. The van der Waals surface area contributed by atoms with Gasteiger partial charge in [-0.05, 0) is 141 Å². The highest BCUT2D eigenvalue weighted by molar-refractivity contribution is 6.23. The molecule has 1 aromatic heterocycles. The van der Waals surface area contributed by atoms with Crippen molar-refractivity contribution in [3.05, 3.63) is 236 Å². The Hall–Kier alpha value is -8.40. The van der Waals surface area contributed by atoms with E-state index in [0.29, 0.717) is 0 Å². The van der Waals surface area contributed by atoms with Gasteiger partial charge in [0.2, 0.25) is 0 Å². The maximum Gasteiger partial charge on any atom is 0.168 e. The minimum atomic E-state index is -0.246. The highest BCUT2D eigenvalue weighted by Crippen LogP contribution is 2.54. The number of hydrogen-bond acceptors (Lipinski definition) is 2. The monoisotopic (exact) mass is 841 g/mol. The van der Waals surface area contributed by atoms with Crippen LogP contribution in [-0.4, -0.2) is 14.8 Å². The third-order valence-electron chi connectivity index (χ3n) is 14.1. The van der Waals surface area contributed by atoms with Gasteiger partial charge in [0.05, 0.1) is 0 Å². The second-order valence-corrected chi connectivity index (χ2v) is 18.2. The number of aromatic nitrogens is 3. The molecule has 3 nitrogen and oxygen atoms in total. The summed E-state index contributed by atoms with van der Waals surface area (Å²) in [7, 11) is 0. The molecule has 0 amide bonds. The smallest absolute Gasteiger partial charge is 0.168 e. The maximum atomic E-state index is 4.76. The molecule has 0 saturated heterocycles. The fourth-order valence-electron chi connectivity index (χ4n) is 10.8. The Kier molecular flexibility index (Phi) is 8.56. The first-order chi connectivity index (χ1) is 32.5. The fraction of sp³-hybridized carbons (Fsp3) is 0.0476. The second kappa shape index (κ2) is 14.8. The van der Waals surface area contributed by atoms with Crippen molar-refractivity contribution in [2.24, 2.45) is 0 Å². The van der Waals surface area contributed by atoms with E-state index >= 15 is 0 Å². The molecule has 0 spiro atoms. The van der Waals surface area contributed by atoms with E-state index in [2.05, 4.69) is 219 Å². The van der Waals surface area contributed by atoms with E-state index in [-0.39, 0.29) is 5.41 Å². The first-order valence-corrected chi connectivity index (χ1v) is 22.8. The summed E-state index contributed by atoms with van der Waals surface area (Å²) in [6.07, 6.45) is 0. The zero-order valence-corrected chi connectivity index (χ0v) is 36.7. The van der Waals surface area contributed by atoms with Crippen LogP contribution in [0.15, 0.2) is 224 Å². The number of nitrogens with zero attached hydrogens (tertiary/aromatic N) is 3. The van der Waals surface area contributed by atoms with Gasteiger partial charge in [-0.15, -0.1) is 10.2 Å². The SMILES string of the molecule is CC1(C)c2cc(-c3ccc(-c4nnc(-c5ccccc5)n4-c4ccccc4)cc3)ccc2-c2cc3c(-c4ccc5ccccc5c4)c4ccccc4c(-c4ccc5ccccc5c4)c3cc21. The zero-order valence-electron chi connectivity index (χ0n) is 36.7. The average Bonchev–Trinajstić information content (AvgIpc) is 3.91. The molecule has 1 heterocycles. The summed E-state index contributed by atoms with van der Waals surface area (Å²) in [4.78, 5) is 0. The summed E-state index contributed by atoms with van der Waals surface area (Å²) in [5, 5.41) is 19.5. The summed E-state index contributed by atoms with van der Waals surface area (Å²) in [6, 6.07) is 82.0. The van der Waals surface area contributed by atoms with Crippen molar-refractivity contribution in [1.29, 1.82) is 0 Å². The molecule has 1 aliphatic rings. The number of para-hydroxylation sites is 1. The standard InChI is InChI=1S/C63H43N3/c1-63(2)57-37-47(42-25-29-44(30-26-42)62-65-64-61(43-17-5-3-6-18-43)66(62)50-21-7-4-8-22-50)33-34-51(57)54-38-55-56(39-58(54)63)60(49-32-28-41-16-10-12-20-46(41)36-49)53-24-14-13-23-52(53)59(55)48-31-27-40-15-9-11-19-45(40)35-48/h3-39H,1-2H3. The Bertz CT molecular complexity index is 3880. The Morgan fingerprint density at radius 1 is 0.318 bits per heavy atom. The van der Waals surface area contributed by atoms with Gasteiger partial charge in [0.25, 0.3) is 0 Å². The van der Waals surface area contributed by atoms with Crippen LogP contribution in [0.2, 0.25) is 0 Å². The third-order valence-corrected chi connectivity index (χ3v) is 14.1. The van der Waals surface area contributed by atoms with Crippen LogP contribution in [-0.2, 0) is 5.41 Å². The lowest BCUT2D eigenvalue weighted by atomic mass is 9.79. The van der Waals surface area contributed by atoms with Crippen LogP contribution in [0, 0.1) is 0 Å². The summed E-state index contributed by atoms with van der Waals surface area (Å²) in [5.74, 6) is 1.62. The molecule has 0 N–H and O–H groups in total. The fourth-order valence-corrected chi connectivity index (χ4v) is 10.8. The topological polar surface area (TPSA) is 30.7 Å². The number of rotatable bonds is 6. The van der Waals surface area contributed by atoms with Crippen molar-refractivity contribution < 1.29 is 0 Å². The summed E-state index contributed by atoms with van der Waals surface area (Å²) < 4.78 is 2.16. The molecule has 0 radical (unpaired) electrons. The molecule has 12 aromatic rings. The molecule has 310 valence electrons. The molecule has 0 atom stereocenters. The summed E-state index contributed by atoms with van der Waals surface area (Å²) in [5.41, 5.74) is 15.5. The van der Waals surface area contributed by atoms with Gasteiger partial charge in [-0.3, -0.25) is 4.57 Å². The zero-order chi connectivity index (χ0) is 43.9. The van der Waals surface area contributed by atoms with Crippen LogP contribution in [0.25, 0.3) is 116 Å². The van der Waals surface area contributed by atoms with E-state index in [1.54, 1.807) is 0 Å². The normalized spacial score (nSPS) is 12.8.